The molecule has 4 nitrogen and oxygen atoms in total. The van der Waals surface area contributed by atoms with E-state index >= 15 is 0 Å². The van der Waals surface area contributed by atoms with E-state index in [0.29, 0.717) is 18.5 Å². The van der Waals surface area contributed by atoms with E-state index in [2.05, 4.69) is 16.3 Å². The van der Waals surface area contributed by atoms with E-state index in [9.17, 15) is 9.18 Å². The van der Waals surface area contributed by atoms with E-state index < -0.39 is 0 Å². The highest BCUT2D eigenvalue weighted by atomic mass is 19.1. The first-order chi connectivity index (χ1) is 13.2. The number of aryl methyl sites for hydroxylation is 1. The summed E-state index contributed by atoms with van der Waals surface area (Å²) in [7, 11) is 1.66. The predicted octanol–water partition coefficient (Wildman–Crippen LogP) is 3.72. The van der Waals surface area contributed by atoms with Gasteiger partial charge in [-0.1, -0.05) is 30.3 Å². The Morgan fingerprint density at radius 2 is 1.96 bits per heavy atom. The van der Waals surface area contributed by atoms with Crippen molar-refractivity contribution < 1.29 is 13.9 Å². The third-order valence-electron chi connectivity index (χ3n) is 5.13. The highest BCUT2D eigenvalue weighted by molar-refractivity contribution is 5.76. The van der Waals surface area contributed by atoms with E-state index in [1.54, 1.807) is 25.3 Å². The van der Waals surface area contributed by atoms with Gasteiger partial charge in [0.05, 0.1) is 13.2 Å². The number of benzene rings is 2. The highest BCUT2D eigenvalue weighted by Gasteiger charge is 2.24. The smallest absolute Gasteiger partial charge is 0.220 e. The van der Waals surface area contributed by atoms with Gasteiger partial charge < -0.3 is 10.1 Å². The minimum Gasteiger partial charge on any atom is -0.497 e. The molecule has 0 saturated carbocycles. The van der Waals surface area contributed by atoms with Crippen LogP contribution in [0.25, 0.3) is 0 Å². The number of nitrogens with zero attached hydrogens (tertiary/aromatic N) is 1. The lowest BCUT2D eigenvalue weighted by Crippen LogP contribution is -2.36. The second kappa shape index (κ2) is 9.51. The number of nitrogens with one attached hydrogen (secondary N) is 1. The van der Waals surface area contributed by atoms with Gasteiger partial charge in [-0.05, 0) is 61.7 Å². The van der Waals surface area contributed by atoms with Gasteiger partial charge >= 0.3 is 0 Å². The van der Waals surface area contributed by atoms with Crippen molar-refractivity contribution in [3.63, 3.8) is 0 Å². The van der Waals surface area contributed by atoms with Crippen molar-refractivity contribution in [2.75, 3.05) is 26.7 Å². The fourth-order valence-electron chi connectivity index (χ4n) is 3.61. The lowest BCUT2D eigenvalue weighted by atomic mass is 10.0. The number of ether oxygens (including phenoxy) is 1. The van der Waals surface area contributed by atoms with Crippen molar-refractivity contribution in [1.82, 2.24) is 10.2 Å². The van der Waals surface area contributed by atoms with Crippen molar-refractivity contribution in [2.45, 2.75) is 31.7 Å². The Morgan fingerprint density at radius 3 is 2.70 bits per heavy atom. The van der Waals surface area contributed by atoms with Crippen LogP contribution in [-0.2, 0) is 11.2 Å². The summed E-state index contributed by atoms with van der Waals surface area (Å²) >= 11 is 0. The molecule has 3 rings (SSSR count). The number of hydrogen-bond donors (Lipinski definition) is 1. The van der Waals surface area contributed by atoms with Crippen molar-refractivity contribution in [1.29, 1.82) is 0 Å². The summed E-state index contributed by atoms with van der Waals surface area (Å²) < 4.78 is 19.1. The second-order valence-corrected chi connectivity index (χ2v) is 6.93. The Hall–Kier alpha value is -2.40. The van der Waals surface area contributed by atoms with Crippen molar-refractivity contribution in [3.8, 4) is 5.75 Å². The summed E-state index contributed by atoms with van der Waals surface area (Å²) in [6.45, 7) is 2.61. The zero-order chi connectivity index (χ0) is 19.1. The summed E-state index contributed by atoms with van der Waals surface area (Å²) in [5.74, 6) is 0.518. The van der Waals surface area contributed by atoms with Gasteiger partial charge in [-0.25, -0.2) is 4.39 Å². The molecule has 2 aromatic carbocycles. The average molecular weight is 370 g/mol. The third kappa shape index (κ3) is 5.30. The Morgan fingerprint density at radius 1 is 1.19 bits per heavy atom. The monoisotopic (exact) mass is 370 g/mol. The Labute approximate surface area is 160 Å². The molecule has 1 saturated heterocycles. The molecule has 1 amide bonds. The van der Waals surface area contributed by atoms with Crippen LogP contribution in [0, 0.1) is 5.82 Å². The quantitative estimate of drug-likeness (QED) is 0.770. The number of methoxy groups -OCH3 is 1. The van der Waals surface area contributed by atoms with Crippen LogP contribution < -0.4 is 10.1 Å². The Balaban J connectivity index is 1.60. The maximum absolute atomic E-state index is 13.7. The van der Waals surface area contributed by atoms with Crippen molar-refractivity contribution >= 4 is 5.91 Å². The molecule has 27 heavy (non-hydrogen) atoms. The lowest BCUT2D eigenvalue weighted by Gasteiger charge is -2.28. The SMILES string of the molecule is COc1cccc(C(CNC(=O)CCc2ccccc2F)N2CCCC2)c1. The van der Waals surface area contributed by atoms with Crippen LogP contribution in [0.3, 0.4) is 0 Å². The molecule has 2 aromatic rings. The van der Waals surface area contributed by atoms with E-state index in [1.165, 1.54) is 18.9 Å². The summed E-state index contributed by atoms with van der Waals surface area (Å²) in [5, 5.41) is 3.04. The molecular formula is C22H27FN2O2. The van der Waals surface area contributed by atoms with Crippen LogP contribution in [0.5, 0.6) is 5.75 Å². The van der Waals surface area contributed by atoms with Crippen LogP contribution in [0.2, 0.25) is 0 Å². The largest absolute Gasteiger partial charge is 0.497 e. The molecule has 1 heterocycles. The first kappa shape index (κ1) is 19.4. The summed E-state index contributed by atoms with van der Waals surface area (Å²) in [4.78, 5) is 14.7. The van der Waals surface area contributed by atoms with Crippen LogP contribution in [0.4, 0.5) is 4.39 Å². The van der Waals surface area contributed by atoms with Gasteiger partial charge in [0, 0.05) is 13.0 Å². The van der Waals surface area contributed by atoms with E-state index in [0.717, 1.165) is 24.4 Å². The highest BCUT2D eigenvalue weighted by Crippen LogP contribution is 2.27. The van der Waals surface area contributed by atoms with Gasteiger partial charge in [-0.3, -0.25) is 9.69 Å². The normalized spacial score (nSPS) is 15.5. The molecule has 0 aliphatic carbocycles. The van der Waals surface area contributed by atoms with Crippen molar-refractivity contribution in [3.05, 3.63) is 65.5 Å². The lowest BCUT2D eigenvalue weighted by molar-refractivity contribution is -0.121. The molecular weight excluding hydrogens is 343 g/mol. The average Bonchev–Trinajstić information content (AvgIpc) is 3.22. The molecule has 1 atom stereocenters. The van der Waals surface area contributed by atoms with Crippen LogP contribution in [-0.4, -0.2) is 37.6 Å². The Bertz CT molecular complexity index is 759. The molecule has 0 bridgehead atoms. The van der Waals surface area contributed by atoms with E-state index in [1.807, 2.05) is 18.2 Å². The van der Waals surface area contributed by atoms with Gasteiger partial charge in [-0.2, -0.15) is 0 Å². The molecule has 1 N–H and O–H groups in total. The molecule has 0 radical (unpaired) electrons. The first-order valence-corrected chi connectivity index (χ1v) is 9.55. The van der Waals surface area contributed by atoms with Gasteiger partial charge in [-0.15, -0.1) is 0 Å². The summed E-state index contributed by atoms with van der Waals surface area (Å²) in [5.41, 5.74) is 1.72. The summed E-state index contributed by atoms with van der Waals surface area (Å²) in [6.07, 6.45) is 3.06. The summed E-state index contributed by atoms with van der Waals surface area (Å²) in [6, 6.07) is 14.8. The van der Waals surface area contributed by atoms with Gasteiger partial charge in [0.25, 0.3) is 0 Å². The fourth-order valence-corrected chi connectivity index (χ4v) is 3.61. The fraction of sp³-hybridized carbons (Fsp3) is 0.409. The number of carbonyl (C=O) groups excluding carboxylic acids is 1. The molecule has 0 aromatic heterocycles. The molecule has 1 unspecified atom stereocenters. The molecule has 1 aliphatic heterocycles. The Kier molecular flexibility index (Phi) is 6.82. The number of carbonyl (C=O) groups is 1. The number of halogens is 1. The number of rotatable bonds is 8. The zero-order valence-electron chi connectivity index (χ0n) is 15.8. The molecule has 1 fully saturated rings. The molecule has 0 spiro atoms. The van der Waals surface area contributed by atoms with E-state index in [-0.39, 0.29) is 24.2 Å². The van der Waals surface area contributed by atoms with Crippen LogP contribution in [0.15, 0.2) is 48.5 Å². The first-order valence-electron chi connectivity index (χ1n) is 9.55. The maximum atomic E-state index is 13.7. The minimum absolute atomic E-state index is 0.0506. The van der Waals surface area contributed by atoms with E-state index in [4.69, 9.17) is 4.74 Å². The molecule has 144 valence electrons. The standard InChI is InChI=1S/C22H27FN2O2/c1-27-19-9-6-8-18(15-19)21(25-13-4-5-14-25)16-24-22(26)12-11-17-7-2-3-10-20(17)23/h2-3,6-10,15,21H,4-5,11-14,16H2,1H3,(H,24,26). The molecule has 5 heteroatoms. The zero-order valence-corrected chi connectivity index (χ0v) is 15.8. The van der Waals surface area contributed by atoms with Gasteiger partial charge in [0.1, 0.15) is 11.6 Å². The second-order valence-electron chi connectivity index (χ2n) is 6.93. The number of hydrogen-bond acceptors (Lipinski definition) is 3. The third-order valence-corrected chi connectivity index (χ3v) is 5.13. The van der Waals surface area contributed by atoms with Crippen molar-refractivity contribution in [2.24, 2.45) is 0 Å². The van der Waals surface area contributed by atoms with Gasteiger partial charge in [0.2, 0.25) is 5.91 Å². The van der Waals surface area contributed by atoms with Crippen LogP contribution >= 0.6 is 0 Å². The molecule has 1 aliphatic rings. The van der Waals surface area contributed by atoms with Gasteiger partial charge in [0.15, 0.2) is 0 Å². The maximum Gasteiger partial charge on any atom is 0.220 e. The van der Waals surface area contributed by atoms with Crippen LogP contribution in [0.1, 0.15) is 36.4 Å². The predicted molar refractivity (Wildman–Crippen MR) is 104 cm³/mol. The number of likely N-dealkylation sites (tertiary alicyclic amines) is 1. The topological polar surface area (TPSA) is 41.6 Å². The number of amides is 1. The minimum atomic E-state index is -0.253.